The average Bonchev–Trinajstić information content (AvgIpc) is 3.20. The maximum absolute atomic E-state index is 13.2. The second-order valence-corrected chi connectivity index (χ2v) is 16.3. The molecule has 6 heteroatoms. The Bertz CT molecular complexity index is 2170. The van der Waals surface area contributed by atoms with Crippen LogP contribution in [0.4, 0.5) is 9.59 Å². The molecule has 6 aromatic rings. The second kappa shape index (κ2) is 20.5. The fourth-order valence-electron chi connectivity index (χ4n) is 8.26. The minimum Gasteiger partial charge on any atom is -0.431 e. The van der Waals surface area contributed by atoms with Gasteiger partial charge in [0.05, 0.1) is 12.2 Å². The molecule has 0 aliphatic rings. The zero-order valence-corrected chi connectivity index (χ0v) is 35.6. The summed E-state index contributed by atoms with van der Waals surface area (Å²) in [4.78, 5) is 26.4. The molecule has 6 nitrogen and oxygen atoms in total. The van der Waals surface area contributed by atoms with Gasteiger partial charge in [-0.05, 0) is 97.2 Å². The van der Waals surface area contributed by atoms with Gasteiger partial charge in [0.25, 0.3) is 0 Å². The van der Waals surface area contributed by atoms with E-state index in [1.54, 1.807) is 0 Å². The Morgan fingerprint density at radius 1 is 0.431 bits per heavy atom. The smallest absolute Gasteiger partial charge is 0.431 e. The number of benzene rings is 6. The van der Waals surface area contributed by atoms with Crippen LogP contribution in [-0.4, -0.2) is 24.5 Å². The first-order valence-corrected chi connectivity index (χ1v) is 21.9. The van der Waals surface area contributed by atoms with Gasteiger partial charge in [-0.15, -0.1) is 0 Å². The zero-order valence-electron chi connectivity index (χ0n) is 35.6. The van der Waals surface area contributed by atoms with Crippen LogP contribution in [0.15, 0.2) is 84.9 Å². The number of carbonyl (C=O) groups excluding carboxylic acids is 2. The van der Waals surface area contributed by atoms with Gasteiger partial charge < -0.3 is 18.9 Å². The van der Waals surface area contributed by atoms with Crippen LogP contribution in [0.1, 0.15) is 130 Å². The van der Waals surface area contributed by atoms with Crippen LogP contribution < -0.4 is 9.47 Å². The monoisotopic (exact) mass is 782 g/mol. The average molecular weight is 783 g/mol. The van der Waals surface area contributed by atoms with Gasteiger partial charge in [-0.1, -0.05) is 163 Å². The summed E-state index contributed by atoms with van der Waals surface area (Å²) in [6.45, 7) is 11.8. The van der Waals surface area contributed by atoms with E-state index in [1.165, 1.54) is 75.3 Å². The number of hydrogen-bond acceptors (Lipinski definition) is 6. The van der Waals surface area contributed by atoms with Crippen molar-refractivity contribution >= 4 is 55.4 Å². The Labute approximate surface area is 345 Å². The molecule has 6 aromatic carbocycles. The van der Waals surface area contributed by atoms with Gasteiger partial charge in [-0.3, -0.25) is 0 Å². The van der Waals surface area contributed by atoms with Gasteiger partial charge in [0.15, 0.2) is 0 Å². The van der Waals surface area contributed by atoms with E-state index in [4.69, 9.17) is 18.9 Å². The van der Waals surface area contributed by atoms with E-state index in [9.17, 15) is 9.59 Å². The van der Waals surface area contributed by atoms with E-state index >= 15 is 0 Å². The lowest BCUT2D eigenvalue weighted by atomic mass is 9.84. The van der Waals surface area contributed by atoms with Crippen LogP contribution in [0.5, 0.6) is 11.5 Å². The van der Waals surface area contributed by atoms with Crippen LogP contribution in [0.25, 0.3) is 54.2 Å². The highest BCUT2D eigenvalue weighted by atomic mass is 16.7. The zero-order chi connectivity index (χ0) is 41.0. The van der Waals surface area contributed by atoms with Crippen LogP contribution in [0.2, 0.25) is 0 Å². The predicted molar refractivity (Wildman–Crippen MR) is 241 cm³/mol. The minimum absolute atomic E-state index is 0.324. The third-order valence-electron chi connectivity index (χ3n) is 11.0. The first-order valence-electron chi connectivity index (χ1n) is 21.9. The lowest BCUT2D eigenvalue weighted by Crippen LogP contribution is -2.16. The fraction of sp³-hybridized carbons (Fsp3) is 0.423. The lowest BCUT2D eigenvalue weighted by Gasteiger charge is -2.22. The summed E-state index contributed by atoms with van der Waals surface area (Å²) in [7, 11) is 0. The highest BCUT2D eigenvalue weighted by Gasteiger charge is 2.25. The Morgan fingerprint density at radius 2 is 0.776 bits per heavy atom. The number of unbranched alkanes of at least 4 members (excludes halogenated alkanes) is 10. The van der Waals surface area contributed by atoms with Gasteiger partial charge in [-0.25, -0.2) is 9.59 Å². The third kappa shape index (κ3) is 10.3. The molecule has 0 aliphatic heterocycles. The molecule has 0 radical (unpaired) electrons. The van der Waals surface area contributed by atoms with E-state index in [0.29, 0.717) is 11.5 Å². The normalized spacial score (nSPS) is 11.7. The SMILES string of the molecule is CCCCCCCCc1ccc2c(OC(=O)OC(C)C)c3ccccc3c(-c3c4ccccc4c(OC(=O)OC(C)C)c4ccc(CCCCCCCC)cc34)c2c1. The Balaban J connectivity index is 1.63. The fourth-order valence-corrected chi connectivity index (χ4v) is 8.26. The first-order chi connectivity index (χ1) is 28.2. The number of rotatable bonds is 19. The van der Waals surface area contributed by atoms with E-state index in [-0.39, 0.29) is 12.2 Å². The number of hydrogen-bond donors (Lipinski definition) is 0. The van der Waals surface area contributed by atoms with Crippen molar-refractivity contribution < 1.29 is 28.5 Å². The highest BCUT2D eigenvalue weighted by molar-refractivity contribution is 6.27. The molecule has 0 aliphatic carbocycles. The molecule has 58 heavy (non-hydrogen) atoms. The summed E-state index contributed by atoms with van der Waals surface area (Å²) in [6.07, 6.45) is 14.4. The number of fused-ring (bicyclic) bond motifs is 4. The molecule has 6 rings (SSSR count). The van der Waals surface area contributed by atoms with Gasteiger partial charge in [-0.2, -0.15) is 0 Å². The van der Waals surface area contributed by atoms with Crippen molar-refractivity contribution in [3.8, 4) is 22.6 Å². The molecule has 0 unspecified atom stereocenters. The van der Waals surface area contributed by atoms with Gasteiger partial charge in [0, 0.05) is 21.5 Å². The molecule has 0 bridgehead atoms. The Morgan fingerprint density at radius 3 is 1.16 bits per heavy atom. The standard InChI is InChI=1S/C52H62O6/c1-7-9-11-13-15-17-23-37-29-31-43-45(33-37)47(39-25-19-21-27-41(39)49(43)57-51(53)55-35(3)4)48-40-26-20-22-28-42(40)50(58-52(54)56-36(5)6)44-32-30-38(34-46(44)48)24-18-16-14-12-10-8-2/h19-22,25-36H,7-18,23-24H2,1-6H3. The molecular weight excluding hydrogens is 721 g/mol. The first kappa shape index (κ1) is 42.5. The van der Waals surface area contributed by atoms with Crippen molar-refractivity contribution in [1.82, 2.24) is 0 Å². The third-order valence-corrected chi connectivity index (χ3v) is 11.0. The predicted octanol–water partition coefficient (Wildman–Crippen LogP) is 15.6. The van der Waals surface area contributed by atoms with Crippen LogP contribution >= 0.6 is 0 Å². The van der Waals surface area contributed by atoms with E-state index < -0.39 is 12.3 Å². The van der Waals surface area contributed by atoms with Gasteiger partial charge in [0.2, 0.25) is 0 Å². The van der Waals surface area contributed by atoms with Crippen LogP contribution in [-0.2, 0) is 22.3 Å². The molecule has 0 heterocycles. The largest absolute Gasteiger partial charge is 0.514 e. The van der Waals surface area contributed by atoms with Crippen LogP contribution in [0, 0.1) is 0 Å². The van der Waals surface area contributed by atoms with E-state index in [2.05, 4.69) is 62.4 Å². The van der Waals surface area contributed by atoms with Gasteiger partial charge in [0.1, 0.15) is 11.5 Å². The van der Waals surface area contributed by atoms with Crippen molar-refractivity contribution in [3.63, 3.8) is 0 Å². The molecule has 306 valence electrons. The molecule has 0 spiro atoms. The van der Waals surface area contributed by atoms with Crippen molar-refractivity contribution in [2.75, 3.05) is 0 Å². The molecule has 0 saturated heterocycles. The number of carbonyl (C=O) groups is 2. The maximum Gasteiger partial charge on any atom is 0.514 e. The second-order valence-electron chi connectivity index (χ2n) is 16.3. The quantitative estimate of drug-likeness (QED) is 0.0353. The Kier molecular flexibility index (Phi) is 15.1. The number of ether oxygens (including phenoxy) is 4. The maximum atomic E-state index is 13.2. The highest BCUT2D eigenvalue weighted by Crippen LogP contribution is 2.50. The summed E-state index contributed by atoms with van der Waals surface area (Å²) in [5, 5.41) is 7.21. The topological polar surface area (TPSA) is 71.1 Å². The van der Waals surface area contributed by atoms with E-state index in [0.717, 1.165) is 79.9 Å². The lowest BCUT2D eigenvalue weighted by molar-refractivity contribution is 0.0725. The van der Waals surface area contributed by atoms with Gasteiger partial charge >= 0.3 is 12.3 Å². The van der Waals surface area contributed by atoms with Crippen LogP contribution in [0.3, 0.4) is 0 Å². The van der Waals surface area contributed by atoms with Crippen molar-refractivity contribution in [2.45, 2.75) is 144 Å². The molecular formula is C52H62O6. The van der Waals surface area contributed by atoms with Crippen molar-refractivity contribution in [3.05, 3.63) is 96.1 Å². The molecule has 0 aromatic heterocycles. The number of aryl methyl sites for hydroxylation is 2. The summed E-state index contributed by atoms with van der Waals surface area (Å²) in [5.74, 6) is 0.972. The summed E-state index contributed by atoms with van der Waals surface area (Å²) >= 11 is 0. The minimum atomic E-state index is -0.727. The summed E-state index contributed by atoms with van der Waals surface area (Å²) < 4.78 is 23.4. The molecule has 0 fully saturated rings. The molecule has 0 amide bonds. The molecule has 0 atom stereocenters. The molecule has 0 N–H and O–H groups in total. The van der Waals surface area contributed by atoms with E-state index in [1.807, 2.05) is 64.1 Å². The summed E-state index contributed by atoms with van der Waals surface area (Å²) in [5.41, 5.74) is 4.58. The molecule has 0 saturated carbocycles. The Hall–Kier alpha value is -5.10. The van der Waals surface area contributed by atoms with Crippen molar-refractivity contribution in [1.29, 1.82) is 0 Å². The van der Waals surface area contributed by atoms with Crippen molar-refractivity contribution in [2.24, 2.45) is 0 Å². The summed E-state index contributed by atoms with van der Waals surface area (Å²) in [6, 6.07) is 29.5.